The summed E-state index contributed by atoms with van der Waals surface area (Å²) in [4.78, 5) is 4.84. The molecule has 0 N–H and O–H groups in total. The fourth-order valence-corrected chi connectivity index (χ4v) is 4.77. The molecule has 1 fully saturated rings. The van der Waals surface area contributed by atoms with Gasteiger partial charge in [-0.15, -0.1) is 0 Å². The molecule has 1 saturated heterocycles. The number of nitrogens with zero attached hydrogens (tertiary/aromatic N) is 2. The van der Waals surface area contributed by atoms with Crippen LogP contribution in [0.3, 0.4) is 0 Å². The predicted octanol–water partition coefficient (Wildman–Crippen LogP) is 6.70. The standard InChI is InChI=1S/C19H20Cl4N2/c1-3-24-11-25(4-2)19(13-7-16(22)10-17(23)8-13)18(24)12-5-14(20)9-15(21)6-12/h5-10,18-19H,3-4,11H2,1-2H3/t18-,19-/m1/s1. The van der Waals surface area contributed by atoms with Crippen LogP contribution in [-0.2, 0) is 0 Å². The molecule has 3 rings (SSSR count). The minimum absolute atomic E-state index is 0.135. The summed E-state index contributed by atoms with van der Waals surface area (Å²) in [6, 6.07) is 11.8. The lowest BCUT2D eigenvalue weighted by atomic mass is 9.93. The van der Waals surface area contributed by atoms with Gasteiger partial charge in [0, 0.05) is 20.1 Å². The highest BCUT2D eigenvalue weighted by Crippen LogP contribution is 2.45. The molecule has 0 unspecified atom stereocenters. The van der Waals surface area contributed by atoms with Crippen molar-refractivity contribution in [1.29, 1.82) is 0 Å². The zero-order valence-electron chi connectivity index (χ0n) is 14.1. The summed E-state index contributed by atoms with van der Waals surface area (Å²) < 4.78 is 0. The van der Waals surface area contributed by atoms with Gasteiger partial charge in [0.25, 0.3) is 0 Å². The Labute approximate surface area is 169 Å². The third-order valence-electron chi connectivity index (χ3n) is 4.71. The smallest absolute Gasteiger partial charge is 0.0559 e. The van der Waals surface area contributed by atoms with Gasteiger partial charge in [0.05, 0.1) is 18.8 Å². The fourth-order valence-electron chi connectivity index (χ4n) is 3.68. The lowest BCUT2D eigenvalue weighted by molar-refractivity contribution is 0.232. The number of rotatable bonds is 4. The number of halogens is 4. The summed E-state index contributed by atoms with van der Waals surface area (Å²) >= 11 is 25.1. The van der Waals surface area contributed by atoms with Gasteiger partial charge in [-0.25, -0.2) is 0 Å². The minimum atomic E-state index is 0.135. The van der Waals surface area contributed by atoms with E-state index in [0.717, 1.165) is 30.9 Å². The van der Waals surface area contributed by atoms with E-state index in [0.29, 0.717) is 20.1 Å². The molecule has 134 valence electrons. The highest BCUT2D eigenvalue weighted by Gasteiger charge is 2.40. The van der Waals surface area contributed by atoms with E-state index < -0.39 is 0 Å². The summed E-state index contributed by atoms with van der Waals surface area (Å²) in [5.74, 6) is 0. The quantitative estimate of drug-likeness (QED) is 0.546. The summed E-state index contributed by atoms with van der Waals surface area (Å²) in [5, 5.41) is 2.60. The van der Waals surface area contributed by atoms with Crippen LogP contribution in [0.5, 0.6) is 0 Å². The zero-order valence-corrected chi connectivity index (χ0v) is 17.2. The Kier molecular flexibility index (Phi) is 6.20. The Balaban J connectivity index is 2.13. The second-order valence-corrected chi connectivity index (χ2v) is 7.99. The number of hydrogen-bond acceptors (Lipinski definition) is 2. The van der Waals surface area contributed by atoms with E-state index in [1.54, 1.807) is 12.1 Å². The molecule has 1 aliphatic rings. The van der Waals surface area contributed by atoms with E-state index in [9.17, 15) is 0 Å². The zero-order chi connectivity index (χ0) is 18.1. The average molecular weight is 418 g/mol. The summed E-state index contributed by atoms with van der Waals surface area (Å²) in [6.07, 6.45) is 0. The van der Waals surface area contributed by atoms with Crippen LogP contribution in [0.2, 0.25) is 20.1 Å². The van der Waals surface area contributed by atoms with Crippen molar-refractivity contribution in [1.82, 2.24) is 9.80 Å². The first-order chi connectivity index (χ1) is 11.9. The molecule has 1 heterocycles. The molecule has 0 radical (unpaired) electrons. The first-order valence-corrected chi connectivity index (χ1v) is 9.84. The third kappa shape index (κ3) is 4.10. The first-order valence-electron chi connectivity index (χ1n) is 8.33. The molecule has 0 aromatic heterocycles. The van der Waals surface area contributed by atoms with Crippen molar-refractivity contribution in [3.63, 3.8) is 0 Å². The largest absolute Gasteiger partial charge is 0.282 e. The molecule has 2 atom stereocenters. The molecular weight excluding hydrogens is 398 g/mol. The first kappa shape index (κ1) is 19.3. The summed E-state index contributed by atoms with van der Waals surface area (Å²) in [6.45, 7) is 7.06. The third-order valence-corrected chi connectivity index (χ3v) is 5.59. The second-order valence-electron chi connectivity index (χ2n) is 6.25. The minimum Gasteiger partial charge on any atom is -0.282 e. The predicted molar refractivity (Wildman–Crippen MR) is 108 cm³/mol. The maximum Gasteiger partial charge on any atom is 0.0559 e. The van der Waals surface area contributed by atoms with Gasteiger partial charge in [-0.3, -0.25) is 9.80 Å². The molecule has 0 amide bonds. The monoisotopic (exact) mass is 416 g/mol. The van der Waals surface area contributed by atoms with Gasteiger partial charge in [0.15, 0.2) is 0 Å². The van der Waals surface area contributed by atoms with Crippen molar-refractivity contribution in [2.24, 2.45) is 0 Å². The van der Waals surface area contributed by atoms with Crippen molar-refractivity contribution in [3.8, 4) is 0 Å². The molecule has 0 spiro atoms. The van der Waals surface area contributed by atoms with Gasteiger partial charge in [0.1, 0.15) is 0 Å². The van der Waals surface area contributed by atoms with E-state index >= 15 is 0 Å². The van der Waals surface area contributed by atoms with E-state index in [4.69, 9.17) is 46.4 Å². The van der Waals surface area contributed by atoms with Gasteiger partial charge in [-0.1, -0.05) is 60.3 Å². The van der Waals surface area contributed by atoms with Crippen LogP contribution in [0, 0.1) is 0 Å². The lowest BCUT2D eigenvalue weighted by Crippen LogP contribution is -2.26. The molecule has 2 aromatic rings. The molecule has 0 bridgehead atoms. The molecule has 6 heteroatoms. The van der Waals surface area contributed by atoms with Crippen molar-refractivity contribution in [2.45, 2.75) is 25.9 Å². The van der Waals surface area contributed by atoms with Crippen LogP contribution in [-0.4, -0.2) is 29.6 Å². The highest BCUT2D eigenvalue weighted by atomic mass is 35.5. The van der Waals surface area contributed by atoms with Crippen LogP contribution in [0.25, 0.3) is 0 Å². The molecule has 0 saturated carbocycles. The molecular formula is C19H20Cl4N2. The topological polar surface area (TPSA) is 6.48 Å². The Bertz CT molecular complexity index is 661. The maximum atomic E-state index is 6.28. The van der Waals surface area contributed by atoms with E-state index in [-0.39, 0.29) is 12.1 Å². The van der Waals surface area contributed by atoms with Crippen LogP contribution in [0.4, 0.5) is 0 Å². The average Bonchev–Trinajstić information content (AvgIpc) is 2.91. The van der Waals surface area contributed by atoms with E-state index in [1.165, 1.54) is 0 Å². The van der Waals surface area contributed by atoms with Crippen LogP contribution >= 0.6 is 46.4 Å². The van der Waals surface area contributed by atoms with Crippen molar-refractivity contribution in [2.75, 3.05) is 19.8 Å². The Morgan fingerprint density at radius 2 is 1.00 bits per heavy atom. The van der Waals surface area contributed by atoms with E-state index in [1.807, 2.05) is 24.3 Å². The second kappa shape index (κ2) is 8.04. The summed E-state index contributed by atoms with van der Waals surface area (Å²) in [5.41, 5.74) is 2.22. The molecule has 2 aromatic carbocycles. The molecule has 1 aliphatic heterocycles. The van der Waals surface area contributed by atoms with Gasteiger partial charge in [0.2, 0.25) is 0 Å². The van der Waals surface area contributed by atoms with Crippen LogP contribution < -0.4 is 0 Å². The van der Waals surface area contributed by atoms with E-state index in [2.05, 4.69) is 23.6 Å². The van der Waals surface area contributed by atoms with Gasteiger partial charge < -0.3 is 0 Å². The lowest BCUT2D eigenvalue weighted by Gasteiger charge is -2.29. The Morgan fingerprint density at radius 3 is 1.28 bits per heavy atom. The molecule has 2 nitrogen and oxygen atoms in total. The number of benzene rings is 2. The summed E-state index contributed by atoms with van der Waals surface area (Å²) in [7, 11) is 0. The number of likely N-dealkylation sites (N-methyl/N-ethyl adjacent to an activating group) is 2. The normalized spacial score (nSPS) is 21.8. The fraction of sp³-hybridized carbons (Fsp3) is 0.368. The SMILES string of the molecule is CCN1CN(CC)[C@H](c2cc(Cl)cc(Cl)c2)[C@H]1c1cc(Cl)cc(Cl)c1. The number of hydrogen-bond donors (Lipinski definition) is 0. The Morgan fingerprint density at radius 1 is 0.680 bits per heavy atom. The van der Waals surface area contributed by atoms with Crippen molar-refractivity contribution in [3.05, 3.63) is 67.6 Å². The Hall–Kier alpha value is -0.480. The van der Waals surface area contributed by atoms with Gasteiger partial charge in [-0.2, -0.15) is 0 Å². The maximum absolute atomic E-state index is 6.28. The van der Waals surface area contributed by atoms with Crippen LogP contribution in [0.15, 0.2) is 36.4 Å². The van der Waals surface area contributed by atoms with Crippen LogP contribution in [0.1, 0.15) is 37.1 Å². The van der Waals surface area contributed by atoms with Crippen molar-refractivity contribution >= 4 is 46.4 Å². The van der Waals surface area contributed by atoms with Crippen molar-refractivity contribution < 1.29 is 0 Å². The van der Waals surface area contributed by atoms with Gasteiger partial charge >= 0.3 is 0 Å². The van der Waals surface area contributed by atoms with Gasteiger partial charge in [-0.05, 0) is 60.6 Å². The highest BCUT2D eigenvalue weighted by molar-refractivity contribution is 6.35. The molecule has 0 aliphatic carbocycles. The molecule has 25 heavy (non-hydrogen) atoms.